The number of methoxy groups -OCH3 is 1. The van der Waals surface area contributed by atoms with Crippen LogP contribution in [0.15, 0.2) is 6.07 Å². The average molecular weight is 287 g/mol. The van der Waals surface area contributed by atoms with Gasteiger partial charge in [0.2, 0.25) is 5.75 Å². The Bertz CT molecular complexity index is 441. The highest BCUT2D eigenvalue weighted by Gasteiger charge is 2.36. The molecule has 1 aromatic rings. The Morgan fingerprint density at radius 1 is 1.56 bits per heavy atom. The summed E-state index contributed by atoms with van der Waals surface area (Å²) in [5.41, 5.74) is -0.243. The number of ether oxygens (including phenoxy) is 2. The van der Waals surface area contributed by atoms with Crippen molar-refractivity contribution in [3.05, 3.63) is 21.7 Å². The first-order valence-electron chi connectivity index (χ1n) is 4.32. The highest BCUT2D eigenvalue weighted by molar-refractivity contribution is 6.17. The maximum absolute atomic E-state index is 12.2. The first kappa shape index (κ1) is 14.3. The Morgan fingerprint density at radius 3 is 2.56 bits per heavy atom. The zero-order valence-corrected chi connectivity index (χ0v) is 9.58. The van der Waals surface area contributed by atoms with Gasteiger partial charge in [0.05, 0.1) is 13.0 Å². The third kappa shape index (κ3) is 3.36. The fraction of sp³-hybridized carbons (Fsp3) is 0.375. The van der Waals surface area contributed by atoms with Gasteiger partial charge in [0, 0.05) is 16.6 Å². The van der Waals surface area contributed by atoms with Crippen LogP contribution in [0.25, 0.3) is 0 Å². The molecule has 0 unspecified atom stereocenters. The number of rotatable bonds is 4. The minimum absolute atomic E-state index is 0.243. The smallest absolute Gasteiger partial charge is 0.460 e. The second-order valence-electron chi connectivity index (χ2n) is 2.92. The summed E-state index contributed by atoms with van der Waals surface area (Å²) in [4.78, 5) is 12.9. The van der Waals surface area contributed by atoms with Crippen molar-refractivity contribution in [2.45, 2.75) is 12.2 Å². The minimum Gasteiger partial charge on any atom is -0.460 e. The molecule has 0 amide bonds. The lowest BCUT2D eigenvalue weighted by Crippen LogP contribution is -2.19. The largest absolute Gasteiger partial charge is 0.573 e. The predicted molar refractivity (Wildman–Crippen MR) is 53.7 cm³/mol. The van der Waals surface area contributed by atoms with Crippen LogP contribution in [0, 0.1) is 10.1 Å². The molecule has 0 saturated heterocycles. The molecule has 18 heavy (non-hydrogen) atoms. The van der Waals surface area contributed by atoms with Crippen LogP contribution in [0.4, 0.5) is 19.0 Å². The first-order chi connectivity index (χ1) is 8.28. The molecule has 6 nitrogen and oxygen atoms in total. The number of aromatic nitrogens is 1. The molecule has 0 fully saturated rings. The Hall–Kier alpha value is -1.77. The number of alkyl halides is 4. The van der Waals surface area contributed by atoms with Crippen LogP contribution in [0.1, 0.15) is 5.56 Å². The lowest BCUT2D eigenvalue weighted by atomic mass is 10.2. The first-order valence-corrected chi connectivity index (χ1v) is 4.86. The Balaban J connectivity index is 3.34. The van der Waals surface area contributed by atoms with Gasteiger partial charge in [-0.3, -0.25) is 0 Å². The highest BCUT2D eigenvalue weighted by atomic mass is 35.5. The minimum atomic E-state index is -4.98. The number of nitrogens with zero attached hydrogens (tertiary/aromatic N) is 2. The van der Waals surface area contributed by atoms with Crippen LogP contribution >= 0.6 is 11.6 Å². The quantitative estimate of drug-likeness (QED) is 0.483. The van der Waals surface area contributed by atoms with Crippen molar-refractivity contribution in [3.63, 3.8) is 0 Å². The molecule has 0 aliphatic rings. The lowest BCUT2D eigenvalue weighted by Gasteiger charge is -2.12. The lowest BCUT2D eigenvalue weighted by molar-refractivity contribution is -0.389. The third-order valence-electron chi connectivity index (χ3n) is 1.75. The molecule has 0 spiro atoms. The van der Waals surface area contributed by atoms with Crippen LogP contribution in [-0.4, -0.2) is 23.4 Å². The number of hydrogen-bond donors (Lipinski definition) is 0. The normalized spacial score (nSPS) is 11.2. The average Bonchev–Trinajstić information content (AvgIpc) is 2.26. The standard InChI is InChI=1S/C8H6ClF3N2O4/c1-17-7-6(18-8(10,11)12)4(3-9)2-5(13-7)14(15)16/h2H,3H2,1H3. The summed E-state index contributed by atoms with van der Waals surface area (Å²) >= 11 is 5.41. The van der Waals surface area contributed by atoms with E-state index in [1.54, 1.807) is 0 Å². The highest BCUT2D eigenvalue weighted by Crippen LogP contribution is 2.36. The monoisotopic (exact) mass is 286 g/mol. The topological polar surface area (TPSA) is 74.5 Å². The second-order valence-corrected chi connectivity index (χ2v) is 3.18. The molecule has 0 saturated carbocycles. The van der Waals surface area contributed by atoms with Gasteiger partial charge < -0.3 is 19.6 Å². The molecule has 1 aromatic heterocycles. The molecule has 1 rings (SSSR count). The molecule has 0 aliphatic carbocycles. The van der Waals surface area contributed by atoms with Gasteiger partial charge >= 0.3 is 18.1 Å². The molecular formula is C8H6ClF3N2O4. The summed E-state index contributed by atoms with van der Waals surface area (Å²) in [6.45, 7) is 0. The van der Waals surface area contributed by atoms with Crippen LogP contribution in [-0.2, 0) is 5.88 Å². The molecule has 0 aromatic carbocycles. The van der Waals surface area contributed by atoms with E-state index in [-0.39, 0.29) is 5.56 Å². The number of hydrogen-bond acceptors (Lipinski definition) is 5. The number of nitro groups is 1. The van der Waals surface area contributed by atoms with E-state index >= 15 is 0 Å². The van der Waals surface area contributed by atoms with E-state index < -0.39 is 34.6 Å². The van der Waals surface area contributed by atoms with Gasteiger partial charge in [0.25, 0.3) is 0 Å². The van der Waals surface area contributed by atoms with E-state index in [0.717, 1.165) is 13.2 Å². The van der Waals surface area contributed by atoms with Gasteiger partial charge in [-0.1, -0.05) is 0 Å². The van der Waals surface area contributed by atoms with Crippen LogP contribution in [0.5, 0.6) is 11.6 Å². The van der Waals surface area contributed by atoms with Gasteiger partial charge in [-0.2, -0.15) is 0 Å². The maximum atomic E-state index is 12.2. The van der Waals surface area contributed by atoms with Crippen molar-refractivity contribution in [2.75, 3.05) is 7.11 Å². The zero-order chi connectivity index (χ0) is 13.9. The van der Waals surface area contributed by atoms with Crippen molar-refractivity contribution >= 4 is 17.4 Å². The molecular weight excluding hydrogens is 281 g/mol. The van der Waals surface area contributed by atoms with Crippen molar-refractivity contribution < 1.29 is 27.6 Å². The molecule has 1 heterocycles. The van der Waals surface area contributed by atoms with Crippen molar-refractivity contribution in [3.8, 4) is 11.6 Å². The van der Waals surface area contributed by atoms with E-state index in [4.69, 9.17) is 11.6 Å². The van der Waals surface area contributed by atoms with E-state index in [9.17, 15) is 23.3 Å². The van der Waals surface area contributed by atoms with Gasteiger partial charge in [-0.05, 0) is 4.92 Å². The van der Waals surface area contributed by atoms with E-state index in [2.05, 4.69) is 14.5 Å². The van der Waals surface area contributed by atoms with E-state index in [0.29, 0.717) is 0 Å². The fourth-order valence-electron chi connectivity index (χ4n) is 1.10. The molecule has 0 atom stereocenters. The third-order valence-corrected chi connectivity index (χ3v) is 2.04. The summed E-state index contributed by atoms with van der Waals surface area (Å²) in [6.07, 6.45) is -4.98. The van der Waals surface area contributed by atoms with Crippen LogP contribution in [0.2, 0.25) is 0 Å². The SMILES string of the molecule is COc1nc([N+](=O)[O-])cc(CCl)c1OC(F)(F)F. The van der Waals surface area contributed by atoms with E-state index in [1.807, 2.05) is 0 Å². The molecule has 0 aliphatic heterocycles. The maximum Gasteiger partial charge on any atom is 0.573 e. The summed E-state index contributed by atoms with van der Waals surface area (Å²) < 4.78 is 44.7. The van der Waals surface area contributed by atoms with Gasteiger partial charge in [-0.25, -0.2) is 0 Å². The molecule has 0 bridgehead atoms. The predicted octanol–water partition coefficient (Wildman–Crippen LogP) is 2.64. The van der Waals surface area contributed by atoms with Gasteiger partial charge in [0.15, 0.2) is 0 Å². The summed E-state index contributed by atoms with van der Waals surface area (Å²) in [7, 11) is 1.01. The second kappa shape index (κ2) is 5.25. The number of pyridine rings is 1. The van der Waals surface area contributed by atoms with Crippen molar-refractivity contribution in [2.24, 2.45) is 0 Å². The fourth-order valence-corrected chi connectivity index (χ4v) is 1.30. The van der Waals surface area contributed by atoms with E-state index in [1.165, 1.54) is 0 Å². The summed E-state index contributed by atoms with van der Waals surface area (Å²) in [6, 6.07) is 0.788. The molecule has 100 valence electrons. The molecule has 0 N–H and O–H groups in total. The zero-order valence-electron chi connectivity index (χ0n) is 8.82. The Morgan fingerprint density at radius 2 is 2.17 bits per heavy atom. The molecule has 0 radical (unpaired) electrons. The van der Waals surface area contributed by atoms with Gasteiger partial charge in [0.1, 0.15) is 0 Å². The van der Waals surface area contributed by atoms with Crippen molar-refractivity contribution in [1.82, 2.24) is 4.98 Å². The van der Waals surface area contributed by atoms with Gasteiger partial charge in [-0.15, -0.1) is 24.8 Å². The van der Waals surface area contributed by atoms with Crippen LogP contribution < -0.4 is 9.47 Å². The Labute approximate surface area is 103 Å². The van der Waals surface area contributed by atoms with Crippen molar-refractivity contribution in [1.29, 1.82) is 0 Å². The number of halogens is 4. The molecule has 10 heteroatoms. The summed E-state index contributed by atoms with van der Waals surface area (Å²) in [5, 5.41) is 10.5. The van der Waals surface area contributed by atoms with Crippen LogP contribution in [0.3, 0.4) is 0 Å². The Kier molecular flexibility index (Phi) is 4.17. The summed E-state index contributed by atoms with van der Waals surface area (Å²) in [5.74, 6) is -2.55.